The largest absolute Gasteiger partial charge is 0.378 e. The highest BCUT2D eigenvalue weighted by atomic mass is 35.5. The first-order valence-corrected chi connectivity index (χ1v) is 7.34. The molecule has 1 aromatic carbocycles. The number of rotatable bonds is 6. The van der Waals surface area contributed by atoms with E-state index in [9.17, 15) is 5.11 Å². The molecule has 0 aliphatic carbocycles. The molecule has 0 saturated carbocycles. The molecule has 23 heavy (non-hydrogen) atoms. The number of aromatic nitrogens is 5. The maximum atomic E-state index is 11.5. The average Bonchev–Trinajstić information content (AvgIpc) is 3.22. The molecule has 0 unspecified atom stereocenters. The van der Waals surface area contributed by atoms with E-state index in [1.54, 1.807) is 52.1 Å². The third-order valence-electron chi connectivity index (χ3n) is 3.61. The second-order valence-electron chi connectivity index (χ2n) is 5.10. The zero-order chi connectivity index (χ0) is 16.3. The molecule has 7 nitrogen and oxygen atoms in total. The van der Waals surface area contributed by atoms with Crippen LogP contribution >= 0.6 is 11.6 Å². The van der Waals surface area contributed by atoms with E-state index in [0.29, 0.717) is 10.6 Å². The van der Waals surface area contributed by atoms with E-state index in [1.165, 1.54) is 19.8 Å². The molecule has 120 valence electrons. The lowest BCUT2D eigenvalue weighted by Gasteiger charge is -2.35. The van der Waals surface area contributed by atoms with Crippen molar-refractivity contribution in [2.75, 3.05) is 7.11 Å². The molecule has 0 radical (unpaired) electrons. The summed E-state index contributed by atoms with van der Waals surface area (Å²) in [5.41, 5.74) is -0.779. The number of hydrogen-bond donors (Lipinski definition) is 1. The third-order valence-corrected chi connectivity index (χ3v) is 3.86. The van der Waals surface area contributed by atoms with Crippen LogP contribution in [0.1, 0.15) is 11.8 Å². The van der Waals surface area contributed by atoms with Gasteiger partial charge in [-0.3, -0.25) is 0 Å². The SMILES string of the molecule is CO[C@@H](n1cccn1)[C@@](O)(Cn1cncn1)c1ccc(Cl)cc1. The molecule has 2 heterocycles. The molecule has 0 aliphatic heterocycles. The monoisotopic (exact) mass is 333 g/mol. The van der Waals surface area contributed by atoms with Gasteiger partial charge in [0.25, 0.3) is 0 Å². The van der Waals surface area contributed by atoms with E-state index < -0.39 is 11.8 Å². The van der Waals surface area contributed by atoms with Gasteiger partial charge in [0.15, 0.2) is 11.8 Å². The Morgan fingerprint density at radius 3 is 2.65 bits per heavy atom. The first-order valence-electron chi connectivity index (χ1n) is 6.96. The van der Waals surface area contributed by atoms with Gasteiger partial charge in [-0.1, -0.05) is 23.7 Å². The average molecular weight is 334 g/mol. The van der Waals surface area contributed by atoms with E-state index in [1.807, 2.05) is 0 Å². The van der Waals surface area contributed by atoms with Crippen LogP contribution in [0.25, 0.3) is 0 Å². The number of benzene rings is 1. The van der Waals surface area contributed by atoms with E-state index in [2.05, 4.69) is 15.2 Å². The molecule has 0 spiro atoms. The first-order chi connectivity index (χ1) is 11.1. The van der Waals surface area contributed by atoms with Gasteiger partial charge in [-0.25, -0.2) is 14.3 Å². The molecule has 0 bridgehead atoms. The summed E-state index contributed by atoms with van der Waals surface area (Å²) in [6.07, 6.45) is 5.57. The van der Waals surface area contributed by atoms with Crippen molar-refractivity contribution >= 4 is 11.6 Å². The zero-order valence-electron chi connectivity index (χ0n) is 12.5. The van der Waals surface area contributed by atoms with Crippen LogP contribution in [-0.4, -0.2) is 36.8 Å². The van der Waals surface area contributed by atoms with Crippen molar-refractivity contribution in [1.82, 2.24) is 24.5 Å². The summed E-state index contributed by atoms with van der Waals surface area (Å²) in [6, 6.07) is 8.73. The number of aliphatic hydroxyl groups is 1. The van der Waals surface area contributed by atoms with Gasteiger partial charge in [0.2, 0.25) is 0 Å². The summed E-state index contributed by atoms with van der Waals surface area (Å²) < 4.78 is 8.66. The topological polar surface area (TPSA) is 78.0 Å². The van der Waals surface area contributed by atoms with Crippen LogP contribution in [0.2, 0.25) is 5.02 Å². The molecular weight excluding hydrogens is 318 g/mol. The Morgan fingerprint density at radius 2 is 2.09 bits per heavy atom. The molecule has 0 saturated heterocycles. The van der Waals surface area contributed by atoms with Gasteiger partial charge in [-0.15, -0.1) is 0 Å². The number of halogens is 1. The van der Waals surface area contributed by atoms with E-state index >= 15 is 0 Å². The normalized spacial score (nSPS) is 15.3. The second-order valence-corrected chi connectivity index (χ2v) is 5.53. The molecule has 2 aromatic heterocycles. The van der Waals surface area contributed by atoms with Gasteiger partial charge >= 0.3 is 0 Å². The maximum absolute atomic E-state index is 11.5. The van der Waals surface area contributed by atoms with Crippen LogP contribution in [-0.2, 0) is 16.9 Å². The van der Waals surface area contributed by atoms with Crippen molar-refractivity contribution in [3.05, 3.63) is 66.0 Å². The number of ether oxygens (including phenoxy) is 1. The summed E-state index contributed by atoms with van der Waals surface area (Å²) in [5.74, 6) is 0. The summed E-state index contributed by atoms with van der Waals surface area (Å²) in [5, 5.41) is 20.3. The van der Waals surface area contributed by atoms with Gasteiger partial charge < -0.3 is 9.84 Å². The van der Waals surface area contributed by atoms with Crippen molar-refractivity contribution in [2.24, 2.45) is 0 Å². The Labute approximate surface area is 138 Å². The Balaban J connectivity index is 2.06. The molecule has 1 N–H and O–H groups in total. The summed E-state index contributed by atoms with van der Waals surface area (Å²) in [7, 11) is 1.52. The van der Waals surface area contributed by atoms with Crippen LogP contribution in [0, 0.1) is 0 Å². The fraction of sp³-hybridized carbons (Fsp3) is 0.267. The maximum Gasteiger partial charge on any atom is 0.184 e. The Kier molecular flexibility index (Phi) is 4.42. The minimum absolute atomic E-state index is 0.146. The highest BCUT2D eigenvalue weighted by molar-refractivity contribution is 6.30. The van der Waals surface area contributed by atoms with Crippen LogP contribution in [0.5, 0.6) is 0 Å². The van der Waals surface area contributed by atoms with Gasteiger partial charge in [0.05, 0.1) is 6.54 Å². The van der Waals surface area contributed by atoms with Crippen LogP contribution in [0.3, 0.4) is 0 Å². The number of hydrogen-bond acceptors (Lipinski definition) is 5. The predicted molar refractivity (Wildman–Crippen MR) is 83.6 cm³/mol. The predicted octanol–water partition coefficient (Wildman–Crippen LogP) is 1.86. The van der Waals surface area contributed by atoms with Crippen LogP contribution in [0.15, 0.2) is 55.4 Å². The van der Waals surface area contributed by atoms with Crippen molar-refractivity contribution in [3.8, 4) is 0 Å². The Hall–Kier alpha value is -2.22. The standard InChI is InChI=1S/C15H16ClN5O2/c1-23-14(21-8-2-7-18-21)15(22,9-20-11-17-10-19-20)12-3-5-13(16)6-4-12/h2-8,10-11,14,22H,9H2,1H3/t14-,15-/m1/s1. The van der Waals surface area contributed by atoms with Crippen LogP contribution < -0.4 is 0 Å². The quantitative estimate of drug-likeness (QED) is 0.745. The third kappa shape index (κ3) is 3.12. The fourth-order valence-corrected chi connectivity index (χ4v) is 2.68. The second kappa shape index (κ2) is 6.49. The molecule has 3 aromatic rings. The molecule has 2 atom stereocenters. The lowest BCUT2D eigenvalue weighted by Crippen LogP contribution is -2.42. The summed E-state index contributed by atoms with van der Waals surface area (Å²) in [6.45, 7) is 0.146. The van der Waals surface area contributed by atoms with Crippen molar-refractivity contribution in [3.63, 3.8) is 0 Å². The summed E-state index contributed by atoms with van der Waals surface area (Å²) in [4.78, 5) is 3.92. The van der Waals surface area contributed by atoms with Crippen molar-refractivity contribution in [1.29, 1.82) is 0 Å². The summed E-state index contributed by atoms with van der Waals surface area (Å²) >= 11 is 5.96. The lowest BCUT2D eigenvalue weighted by atomic mass is 9.91. The van der Waals surface area contributed by atoms with Crippen LogP contribution in [0.4, 0.5) is 0 Å². The molecule has 0 fully saturated rings. The highest BCUT2D eigenvalue weighted by Crippen LogP contribution is 2.35. The van der Waals surface area contributed by atoms with Gasteiger partial charge in [0, 0.05) is 24.5 Å². The van der Waals surface area contributed by atoms with Crippen molar-refractivity contribution in [2.45, 2.75) is 18.4 Å². The smallest absolute Gasteiger partial charge is 0.184 e. The molecule has 0 amide bonds. The number of nitrogens with zero attached hydrogens (tertiary/aromatic N) is 5. The molecular formula is C15H16ClN5O2. The minimum atomic E-state index is -1.42. The highest BCUT2D eigenvalue weighted by Gasteiger charge is 2.41. The van der Waals surface area contributed by atoms with Gasteiger partial charge in [-0.05, 0) is 23.8 Å². The number of methoxy groups -OCH3 is 1. The minimum Gasteiger partial charge on any atom is -0.378 e. The van der Waals surface area contributed by atoms with Gasteiger partial charge in [-0.2, -0.15) is 10.2 Å². The molecule has 8 heteroatoms. The molecule has 3 rings (SSSR count). The fourth-order valence-electron chi connectivity index (χ4n) is 2.55. The van der Waals surface area contributed by atoms with Gasteiger partial charge in [0.1, 0.15) is 12.7 Å². The zero-order valence-corrected chi connectivity index (χ0v) is 13.2. The Bertz CT molecular complexity index is 730. The lowest BCUT2D eigenvalue weighted by molar-refractivity contribution is -0.153. The molecule has 0 aliphatic rings. The van der Waals surface area contributed by atoms with E-state index in [0.717, 1.165) is 0 Å². The van der Waals surface area contributed by atoms with E-state index in [-0.39, 0.29) is 6.54 Å². The Morgan fingerprint density at radius 1 is 1.30 bits per heavy atom. The van der Waals surface area contributed by atoms with Crippen molar-refractivity contribution < 1.29 is 9.84 Å². The van der Waals surface area contributed by atoms with E-state index in [4.69, 9.17) is 16.3 Å². The first kappa shape index (κ1) is 15.7.